The van der Waals surface area contributed by atoms with E-state index in [-0.39, 0.29) is 29.2 Å². The Bertz CT molecular complexity index is 686. The number of nitrogens with one attached hydrogen (secondary N) is 1. The second kappa shape index (κ2) is 4.74. The number of carbonyl (C=O) groups is 1. The number of rotatable bonds is 3. The maximum Gasteiger partial charge on any atom is 0.228 e. The summed E-state index contributed by atoms with van der Waals surface area (Å²) in [6.45, 7) is 0. The quantitative estimate of drug-likeness (QED) is 0.838. The third-order valence-electron chi connectivity index (χ3n) is 3.42. The summed E-state index contributed by atoms with van der Waals surface area (Å²) in [5.41, 5.74) is 0.649. The van der Waals surface area contributed by atoms with Gasteiger partial charge >= 0.3 is 0 Å². The lowest BCUT2D eigenvalue weighted by atomic mass is 10.2. The molecule has 1 aliphatic carbocycles. The van der Waals surface area contributed by atoms with Crippen molar-refractivity contribution in [2.75, 3.05) is 5.32 Å². The molecule has 0 aliphatic heterocycles. The molecule has 1 aliphatic rings. The number of hydrogen-bond donors (Lipinski definition) is 2. The molecule has 0 saturated heterocycles. The third-order valence-corrected chi connectivity index (χ3v) is 3.42. The van der Waals surface area contributed by atoms with E-state index in [2.05, 4.69) is 5.32 Å². The zero-order valence-corrected chi connectivity index (χ0v) is 10.5. The Kier molecular flexibility index (Phi) is 2.92. The van der Waals surface area contributed by atoms with E-state index in [1.807, 2.05) is 12.1 Å². The highest BCUT2D eigenvalue weighted by Crippen LogP contribution is 2.48. The molecule has 100 valence electrons. The van der Waals surface area contributed by atoms with Crippen LogP contribution in [0, 0.1) is 17.2 Å². The Labute approximate surface area is 115 Å². The van der Waals surface area contributed by atoms with E-state index in [1.54, 1.807) is 12.3 Å². The summed E-state index contributed by atoms with van der Waals surface area (Å²) in [6, 6.07) is 9.96. The Morgan fingerprint density at radius 3 is 3.00 bits per heavy atom. The lowest BCUT2D eigenvalue weighted by Gasteiger charge is -2.07. The summed E-state index contributed by atoms with van der Waals surface area (Å²) in [4.78, 5) is 12.1. The normalized spacial score (nSPS) is 20.1. The summed E-state index contributed by atoms with van der Waals surface area (Å²) in [5.74, 6) is 0.544. The predicted octanol–water partition coefficient (Wildman–Crippen LogP) is 2.60. The number of carbonyl (C=O) groups excluding carboxylic acids is 1. The Balaban J connectivity index is 1.70. The van der Waals surface area contributed by atoms with E-state index in [0.717, 1.165) is 12.2 Å². The van der Waals surface area contributed by atoms with Crippen LogP contribution in [0.4, 0.5) is 5.69 Å². The Hall–Kier alpha value is -2.74. The standard InChI is InChI=1S/C15H12N2O3/c16-8-9-3-4-13(18)12(6-9)17-15(19)11-7-10(11)14-2-1-5-20-14/h1-6,10-11,18H,7H2,(H,17,19)/t10-,11+/m0/s1. The zero-order chi connectivity index (χ0) is 14.1. The van der Waals surface area contributed by atoms with E-state index < -0.39 is 0 Å². The number of phenols is 1. The van der Waals surface area contributed by atoms with Crippen molar-refractivity contribution in [3.63, 3.8) is 0 Å². The zero-order valence-electron chi connectivity index (χ0n) is 10.5. The van der Waals surface area contributed by atoms with Crippen LogP contribution >= 0.6 is 0 Å². The van der Waals surface area contributed by atoms with Gasteiger partial charge in [-0.1, -0.05) is 0 Å². The average molecular weight is 268 g/mol. The number of hydrogen-bond acceptors (Lipinski definition) is 4. The first-order valence-electron chi connectivity index (χ1n) is 6.26. The molecule has 20 heavy (non-hydrogen) atoms. The van der Waals surface area contributed by atoms with Crippen LogP contribution in [-0.2, 0) is 4.79 Å². The number of furan rings is 1. The van der Waals surface area contributed by atoms with Crippen molar-refractivity contribution in [2.24, 2.45) is 5.92 Å². The molecule has 0 unspecified atom stereocenters. The van der Waals surface area contributed by atoms with Gasteiger partial charge in [0, 0.05) is 11.8 Å². The highest BCUT2D eigenvalue weighted by Gasteiger charge is 2.45. The summed E-state index contributed by atoms with van der Waals surface area (Å²) in [6.07, 6.45) is 2.32. The Morgan fingerprint density at radius 2 is 2.30 bits per heavy atom. The van der Waals surface area contributed by atoms with Crippen molar-refractivity contribution >= 4 is 11.6 Å². The van der Waals surface area contributed by atoms with E-state index in [4.69, 9.17) is 9.68 Å². The van der Waals surface area contributed by atoms with Crippen LogP contribution < -0.4 is 5.32 Å². The molecular weight excluding hydrogens is 256 g/mol. The van der Waals surface area contributed by atoms with Crippen LogP contribution in [-0.4, -0.2) is 11.0 Å². The molecule has 2 aromatic rings. The highest BCUT2D eigenvalue weighted by atomic mass is 16.3. The lowest BCUT2D eigenvalue weighted by Crippen LogP contribution is -2.14. The van der Waals surface area contributed by atoms with E-state index in [1.165, 1.54) is 18.2 Å². The summed E-state index contributed by atoms with van der Waals surface area (Å²) >= 11 is 0. The number of anilines is 1. The largest absolute Gasteiger partial charge is 0.506 e. The monoisotopic (exact) mass is 268 g/mol. The average Bonchev–Trinajstić information content (AvgIpc) is 3.07. The fraction of sp³-hybridized carbons (Fsp3) is 0.200. The first-order chi connectivity index (χ1) is 9.69. The first kappa shape index (κ1) is 12.3. The maximum absolute atomic E-state index is 12.1. The summed E-state index contributed by atoms with van der Waals surface area (Å²) in [5, 5.41) is 21.2. The Morgan fingerprint density at radius 1 is 1.45 bits per heavy atom. The summed E-state index contributed by atoms with van der Waals surface area (Å²) < 4.78 is 5.28. The van der Waals surface area contributed by atoms with Gasteiger partial charge in [0.2, 0.25) is 5.91 Å². The van der Waals surface area contributed by atoms with Crippen molar-refractivity contribution < 1.29 is 14.3 Å². The van der Waals surface area contributed by atoms with Crippen molar-refractivity contribution in [2.45, 2.75) is 12.3 Å². The lowest BCUT2D eigenvalue weighted by molar-refractivity contribution is -0.117. The minimum absolute atomic E-state index is 0.0486. The van der Waals surface area contributed by atoms with Crippen LogP contribution in [0.5, 0.6) is 5.75 Å². The second-order valence-electron chi connectivity index (χ2n) is 4.80. The first-order valence-corrected chi connectivity index (χ1v) is 6.26. The van der Waals surface area contributed by atoms with Crippen molar-refractivity contribution in [3.05, 3.63) is 47.9 Å². The molecule has 2 atom stereocenters. The van der Waals surface area contributed by atoms with Crippen molar-refractivity contribution in [1.29, 1.82) is 5.26 Å². The van der Waals surface area contributed by atoms with Gasteiger partial charge in [-0.3, -0.25) is 4.79 Å². The van der Waals surface area contributed by atoms with Crippen LogP contribution in [0.25, 0.3) is 0 Å². The van der Waals surface area contributed by atoms with Gasteiger partial charge in [0.15, 0.2) is 0 Å². The van der Waals surface area contributed by atoms with Crippen LogP contribution in [0.3, 0.4) is 0 Å². The molecule has 0 radical (unpaired) electrons. The fourth-order valence-electron chi connectivity index (χ4n) is 2.23. The minimum Gasteiger partial charge on any atom is -0.506 e. The molecule has 2 N–H and O–H groups in total. The molecule has 1 saturated carbocycles. The molecule has 0 spiro atoms. The van der Waals surface area contributed by atoms with Gasteiger partial charge in [-0.15, -0.1) is 0 Å². The van der Waals surface area contributed by atoms with E-state index in [0.29, 0.717) is 5.56 Å². The number of amides is 1. The number of aromatic hydroxyl groups is 1. The molecule has 1 aromatic carbocycles. The number of nitriles is 1. The second-order valence-corrected chi connectivity index (χ2v) is 4.80. The minimum atomic E-state index is -0.170. The predicted molar refractivity (Wildman–Crippen MR) is 71.0 cm³/mol. The van der Waals surface area contributed by atoms with Gasteiger partial charge in [-0.05, 0) is 36.8 Å². The van der Waals surface area contributed by atoms with Gasteiger partial charge in [-0.25, -0.2) is 0 Å². The SMILES string of the molecule is N#Cc1ccc(O)c(NC(=O)[C@@H]2C[C@@H]2c2ccco2)c1. The highest BCUT2D eigenvalue weighted by molar-refractivity contribution is 5.96. The van der Waals surface area contributed by atoms with Crippen molar-refractivity contribution in [1.82, 2.24) is 0 Å². The van der Waals surface area contributed by atoms with E-state index in [9.17, 15) is 9.90 Å². The van der Waals surface area contributed by atoms with Crippen LogP contribution in [0.15, 0.2) is 41.0 Å². The third kappa shape index (κ3) is 2.24. The fourth-order valence-corrected chi connectivity index (χ4v) is 2.23. The van der Waals surface area contributed by atoms with Gasteiger partial charge in [0.25, 0.3) is 0 Å². The van der Waals surface area contributed by atoms with Crippen LogP contribution in [0.1, 0.15) is 23.7 Å². The molecule has 1 aromatic heterocycles. The smallest absolute Gasteiger partial charge is 0.228 e. The number of phenolic OH excluding ortho intramolecular Hbond substituents is 1. The number of benzene rings is 1. The molecular formula is C15H12N2O3. The molecule has 0 bridgehead atoms. The maximum atomic E-state index is 12.1. The number of nitrogens with zero attached hydrogens (tertiary/aromatic N) is 1. The molecule has 1 amide bonds. The molecule has 5 heteroatoms. The van der Waals surface area contributed by atoms with Gasteiger partial charge < -0.3 is 14.8 Å². The van der Waals surface area contributed by atoms with Gasteiger partial charge in [0.05, 0.1) is 23.6 Å². The van der Waals surface area contributed by atoms with Crippen LogP contribution in [0.2, 0.25) is 0 Å². The topological polar surface area (TPSA) is 86.3 Å². The molecule has 5 nitrogen and oxygen atoms in total. The molecule has 3 rings (SSSR count). The van der Waals surface area contributed by atoms with E-state index >= 15 is 0 Å². The molecule has 1 fully saturated rings. The van der Waals surface area contributed by atoms with Crippen molar-refractivity contribution in [3.8, 4) is 11.8 Å². The van der Waals surface area contributed by atoms with Gasteiger partial charge in [-0.2, -0.15) is 5.26 Å². The van der Waals surface area contributed by atoms with Gasteiger partial charge in [0.1, 0.15) is 11.5 Å². The molecule has 1 heterocycles. The summed E-state index contributed by atoms with van der Waals surface area (Å²) in [7, 11) is 0.